The summed E-state index contributed by atoms with van der Waals surface area (Å²) in [6.45, 7) is 3.47. The van der Waals surface area contributed by atoms with E-state index in [1.54, 1.807) is 14.2 Å². The van der Waals surface area contributed by atoms with Crippen LogP contribution in [0.4, 0.5) is 5.69 Å². The van der Waals surface area contributed by atoms with Crippen molar-refractivity contribution in [2.24, 2.45) is 0 Å². The van der Waals surface area contributed by atoms with Gasteiger partial charge in [0.15, 0.2) is 17.6 Å². The number of nitrogens with zero attached hydrogens (tertiary/aromatic N) is 2. The first-order chi connectivity index (χ1) is 15.6. The quantitative estimate of drug-likeness (QED) is 0.605. The Morgan fingerprint density at radius 3 is 2.53 bits per heavy atom. The monoisotopic (exact) mass is 440 g/mol. The van der Waals surface area contributed by atoms with E-state index < -0.39 is 6.10 Å². The maximum absolute atomic E-state index is 12.9. The molecular weight excluding hydrogens is 408 g/mol. The number of ether oxygens (including phenoxy) is 3. The predicted octanol–water partition coefficient (Wildman–Crippen LogP) is 3.02. The Bertz CT molecular complexity index is 948. The molecule has 2 aliphatic heterocycles. The van der Waals surface area contributed by atoms with Crippen LogP contribution < -0.4 is 19.1 Å². The van der Waals surface area contributed by atoms with Crippen molar-refractivity contribution >= 4 is 11.6 Å². The second-order valence-corrected chi connectivity index (χ2v) is 8.29. The average molecular weight is 441 g/mol. The van der Waals surface area contributed by atoms with Gasteiger partial charge in [-0.2, -0.15) is 0 Å². The van der Waals surface area contributed by atoms with Gasteiger partial charge in [-0.05, 0) is 61.2 Å². The molecule has 1 atom stereocenters. The zero-order valence-electron chi connectivity index (χ0n) is 18.9. The fourth-order valence-electron chi connectivity index (χ4n) is 4.54. The van der Waals surface area contributed by atoms with Crippen LogP contribution >= 0.6 is 0 Å². The summed E-state index contributed by atoms with van der Waals surface area (Å²) >= 11 is 0. The van der Waals surface area contributed by atoms with E-state index in [2.05, 4.69) is 17.0 Å². The second-order valence-electron chi connectivity index (χ2n) is 8.29. The third-order valence-corrected chi connectivity index (χ3v) is 6.26. The number of hydrogen-bond acceptors (Lipinski definition) is 6. The van der Waals surface area contributed by atoms with Crippen molar-refractivity contribution in [3.8, 4) is 17.2 Å². The lowest BCUT2D eigenvalue weighted by Gasteiger charge is -2.34. The van der Waals surface area contributed by atoms with Gasteiger partial charge in [0.2, 0.25) is 0 Å². The molecule has 2 heterocycles. The zero-order chi connectivity index (χ0) is 22.5. The first kappa shape index (κ1) is 22.4. The number of hydrogen-bond donors (Lipinski definition) is 1. The molecule has 7 heteroatoms. The Morgan fingerprint density at radius 2 is 1.78 bits per heavy atom. The Morgan fingerprint density at radius 1 is 1.06 bits per heavy atom. The van der Waals surface area contributed by atoms with Crippen LogP contribution in [-0.2, 0) is 17.8 Å². The van der Waals surface area contributed by atoms with E-state index in [0.29, 0.717) is 18.7 Å². The van der Waals surface area contributed by atoms with Crippen molar-refractivity contribution in [2.45, 2.75) is 38.3 Å². The highest BCUT2D eigenvalue weighted by Gasteiger charge is 2.33. The van der Waals surface area contributed by atoms with E-state index in [0.717, 1.165) is 56.1 Å². The summed E-state index contributed by atoms with van der Waals surface area (Å²) < 4.78 is 16.7. The number of rotatable bonds is 9. The van der Waals surface area contributed by atoms with Gasteiger partial charge >= 0.3 is 0 Å². The van der Waals surface area contributed by atoms with Crippen LogP contribution in [0.3, 0.4) is 0 Å². The summed E-state index contributed by atoms with van der Waals surface area (Å²) in [5.41, 5.74) is 3.43. The Kier molecular flexibility index (Phi) is 7.17. The van der Waals surface area contributed by atoms with Gasteiger partial charge in [-0.15, -0.1) is 0 Å². The van der Waals surface area contributed by atoms with Crippen molar-refractivity contribution in [1.82, 2.24) is 4.90 Å². The molecule has 4 rings (SSSR count). The van der Waals surface area contributed by atoms with Crippen molar-refractivity contribution in [3.05, 3.63) is 47.5 Å². The van der Waals surface area contributed by atoms with Crippen molar-refractivity contribution in [2.75, 3.05) is 45.4 Å². The fraction of sp³-hybridized carbons (Fsp3) is 0.480. The highest BCUT2D eigenvalue weighted by molar-refractivity contribution is 6.00. The molecule has 172 valence electrons. The number of amides is 1. The lowest BCUT2D eigenvalue weighted by molar-refractivity contribution is -0.127. The van der Waals surface area contributed by atoms with Crippen LogP contribution in [-0.4, -0.2) is 62.5 Å². The number of fused-ring (bicyclic) bond motifs is 2. The molecule has 0 fully saturated rings. The number of unbranched alkanes of at least 4 members (excludes halogenated alkanes) is 1. The molecule has 0 aliphatic carbocycles. The molecular formula is C25H32N2O5. The fourth-order valence-corrected chi connectivity index (χ4v) is 4.54. The van der Waals surface area contributed by atoms with Gasteiger partial charge in [0, 0.05) is 32.7 Å². The van der Waals surface area contributed by atoms with Gasteiger partial charge in [-0.25, -0.2) is 0 Å². The largest absolute Gasteiger partial charge is 0.493 e. The summed E-state index contributed by atoms with van der Waals surface area (Å²) in [5.74, 6) is 2.21. The van der Waals surface area contributed by atoms with E-state index in [1.807, 2.05) is 29.2 Å². The number of para-hydroxylation sites is 2. The normalized spacial score (nSPS) is 18.0. The lowest BCUT2D eigenvalue weighted by atomic mass is 9.98. The van der Waals surface area contributed by atoms with E-state index in [1.165, 1.54) is 11.1 Å². The smallest absolute Gasteiger partial charge is 0.268 e. The molecule has 1 amide bonds. The van der Waals surface area contributed by atoms with Gasteiger partial charge in [-0.1, -0.05) is 12.1 Å². The molecule has 7 nitrogen and oxygen atoms in total. The first-order valence-corrected chi connectivity index (χ1v) is 11.3. The van der Waals surface area contributed by atoms with E-state index >= 15 is 0 Å². The summed E-state index contributed by atoms with van der Waals surface area (Å²) in [7, 11) is 3.34. The van der Waals surface area contributed by atoms with Gasteiger partial charge in [0.05, 0.1) is 19.9 Å². The third kappa shape index (κ3) is 4.69. The maximum Gasteiger partial charge on any atom is 0.268 e. The van der Waals surface area contributed by atoms with E-state index in [9.17, 15) is 9.90 Å². The average Bonchev–Trinajstić information content (AvgIpc) is 2.82. The first-order valence-electron chi connectivity index (χ1n) is 11.3. The van der Waals surface area contributed by atoms with Gasteiger partial charge < -0.3 is 24.2 Å². The van der Waals surface area contributed by atoms with Crippen molar-refractivity contribution < 1.29 is 24.1 Å². The highest BCUT2D eigenvalue weighted by Crippen LogP contribution is 2.35. The number of benzene rings is 2. The molecule has 0 aromatic heterocycles. The second kappa shape index (κ2) is 10.2. The number of aliphatic hydroxyl groups excluding tert-OH is 1. The number of anilines is 1. The molecule has 0 saturated heterocycles. The van der Waals surface area contributed by atoms with Gasteiger partial charge in [0.25, 0.3) is 5.91 Å². The summed E-state index contributed by atoms with van der Waals surface area (Å²) in [5, 5.41) is 9.29. The van der Waals surface area contributed by atoms with Crippen LogP contribution in [0, 0.1) is 0 Å². The Balaban J connectivity index is 1.33. The summed E-state index contributed by atoms with van der Waals surface area (Å²) in [6, 6.07) is 11.8. The Hall–Kier alpha value is -2.77. The van der Waals surface area contributed by atoms with E-state index in [-0.39, 0.29) is 12.5 Å². The van der Waals surface area contributed by atoms with Crippen LogP contribution in [0.1, 0.15) is 30.4 Å². The van der Waals surface area contributed by atoms with Crippen LogP contribution in [0.25, 0.3) is 0 Å². The molecule has 2 aromatic carbocycles. The standard InChI is InChI=1S/C25H32N2O5/c1-30-23-15-18-9-13-26(17-19(18)16-24(23)31-2)11-5-6-12-27-20-7-3-4-8-21(20)32-22(10-14-28)25(27)29/h3-4,7-8,15-16,22,28H,5-6,9-14,17H2,1-2H3. The van der Waals surface area contributed by atoms with Crippen LogP contribution in [0.2, 0.25) is 0 Å². The molecule has 0 saturated carbocycles. The minimum atomic E-state index is -0.611. The molecule has 2 aliphatic rings. The Labute approximate surface area is 189 Å². The third-order valence-electron chi connectivity index (χ3n) is 6.26. The van der Waals surface area contributed by atoms with E-state index in [4.69, 9.17) is 14.2 Å². The molecule has 0 radical (unpaired) electrons. The molecule has 0 bridgehead atoms. The molecule has 32 heavy (non-hydrogen) atoms. The number of carbonyl (C=O) groups is 1. The molecule has 1 N–H and O–H groups in total. The minimum absolute atomic E-state index is 0.0642. The highest BCUT2D eigenvalue weighted by atomic mass is 16.5. The summed E-state index contributed by atoms with van der Waals surface area (Å²) in [6.07, 6.45) is 2.60. The number of aliphatic hydroxyl groups is 1. The van der Waals surface area contributed by atoms with Crippen molar-refractivity contribution in [1.29, 1.82) is 0 Å². The maximum atomic E-state index is 12.9. The number of carbonyl (C=O) groups excluding carboxylic acids is 1. The molecule has 1 unspecified atom stereocenters. The zero-order valence-corrected chi connectivity index (χ0v) is 18.9. The summed E-state index contributed by atoms with van der Waals surface area (Å²) in [4.78, 5) is 17.2. The van der Waals surface area contributed by atoms with Gasteiger partial charge in [-0.3, -0.25) is 9.69 Å². The number of methoxy groups -OCH3 is 2. The molecule has 0 spiro atoms. The lowest BCUT2D eigenvalue weighted by Crippen LogP contribution is -2.46. The predicted molar refractivity (Wildman–Crippen MR) is 123 cm³/mol. The van der Waals surface area contributed by atoms with Crippen LogP contribution in [0.15, 0.2) is 36.4 Å². The van der Waals surface area contributed by atoms with Crippen molar-refractivity contribution in [3.63, 3.8) is 0 Å². The SMILES string of the molecule is COc1cc2c(cc1OC)CN(CCCCN1C(=O)C(CCO)Oc3ccccc31)CC2. The topological polar surface area (TPSA) is 71.5 Å². The van der Waals surface area contributed by atoms with Gasteiger partial charge in [0.1, 0.15) is 5.75 Å². The van der Waals surface area contributed by atoms with Crippen LogP contribution in [0.5, 0.6) is 17.2 Å². The minimum Gasteiger partial charge on any atom is -0.493 e. The molecule has 2 aromatic rings.